The lowest BCUT2D eigenvalue weighted by molar-refractivity contribution is -0.117. The number of benzene rings is 1. The molecule has 1 aliphatic carbocycles. The van der Waals surface area contributed by atoms with Crippen molar-refractivity contribution in [1.82, 2.24) is 4.90 Å². The molecule has 0 spiro atoms. The van der Waals surface area contributed by atoms with Crippen molar-refractivity contribution in [3.63, 3.8) is 0 Å². The molecule has 1 aromatic carbocycles. The lowest BCUT2D eigenvalue weighted by atomic mass is 9.89. The molecular formula is C18H27ClN2O2. The first-order valence-corrected chi connectivity index (χ1v) is 8.70. The Kier molecular flexibility index (Phi) is 6.72. The molecule has 1 aliphatic rings. The van der Waals surface area contributed by atoms with E-state index < -0.39 is 0 Å². The molecule has 0 atom stereocenters. The number of anilines is 1. The molecule has 128 valence electrons. The summed E-state index contributed by atoms with van der Waals surface area (Å²) in [6.45, 7) is 3.29. The van der Waals surface area contributed by atoms with E-state index in [9.17, 15) is 4.79 Å². The van der Waals surface area contributed by atoms with Crippen molar-refractivity contribution in [3.05, 3.63) is 22.7 Å². The molecule has 0 heterocycles. The molecule has 0 bridgehead atoms. The van der Waals surface area contributed by atoms with Gasteiger partial charge in [0.2, 0.25) is 5.91 Å². The summed E-state index contributed by atoms with van der Waals surface area (Å²) in [5.41, 5.74) is 1.59. The van der Waals surface area contributed by atoms with Gasteiger partial charge in [-0.2, -0.15) is 0 Å². The van der Waals surface area contributed by atoms with Crippen LogP contribution in [0, 0.1) is 12.8 Å². The predicted molar refractivity (Wildman–Crippen MR) is 95.4 cm³/mol. The van der Waals surface area contributed by atoms with E-state index in [4.69, 9.17) is 16.3 Å². The molecule has 0 radical (unpaired) electrons. The third-order valence-corrected chi connectivity index (χ3v) is 4.87. The van der Waals surface area contributed by atoms with Gasteiger partial charge in [-0.1, -0.05) is 30.9 Å². The van der Waals surface area contributed by atoms with E-state index in [0.29, 0.717) is 23.0 Å². The predicted octanol–water partition coefficient (Wildman–Crippen LogP) is 4.11. The number of ether oxygens (including phenoxy) is 1. The minimum atomic E-state index is -0.0247. The second-order valence-corrected chi connectivity index (χ2v) is 6.96. The number of hydrogen-bond acceptors (Lipinski definition) is 3. The Morgan fingerprint density at radius 3 is 2.70 bits per heavy atom. The van der Waals surface area contributed by atoms with E-state index in [1.54, 1.807) is 13.2 Å². The Morgan fingerprint density at radius 1 is 1.35 bits per heavy atom. The van der Waals surface area contributed by atoms with E-state index in [-0.39, 0.29) is 5.91 Å². The zero-order valence-corrected chi connectivity index (χ0v) is 15.1. The van der Waals surface area contributed by atoms with Crippen LogP contribution in [0.1, 0.15) is 37.7 Å². The molecule has 1 N–H and O–H groups in total. The van der Waals surface area contributed by atoms with Crippen molar-refractivity contribution < 1.29 is 9.53 Å². The third kappa shape index (κ3) is 5.40. The first-order chi connectivity index (χ1) is 11.0. The fourth-order valence-electron chi connectivity index (χ4n) is 3.24. The van der Waals surface area contributed by atoms with Crippen LogP contribution in [0.3, 0.4) is 0 Å². The SMILES string of the molecule is COc1cc(Cl)c(C)cc1NC(=O)CN(C)CC1CCCCC1. The van der Waals surface area contributed by atoms with Gasteiger partial charge in [-0.25, -0.2) is 0 Å². The summed E-state index contributed by atoms with van der Waals surface area (Å²) in [7, 11) is 3.59. The number of halogens is 1. The highest BCUT2D eigenvalue weighted by atomic mass is 35.5. The third-order valence-electron chi connectivity index (χ3n) is 4.46. The van der Waals surface area contributed by atoms with Gasteiger partial charge in [-0.3, -0.25) is 9.69 Å². The number of methoxy groups -OCH3 is 1. The fourth-order valence-corrected chi connectivity index (χ4v) is 3.39. The number of nitrogens with one attached hydrogen (secondary N) is 1. The molecule has 5 heteroatoms. The molecule has 23 heavy (non-hydrogen) atoms. The average molecular weight is 339 g/mol. The van der Waals surface area contributed by atoms with E-state index in [2.05, 4.69) is 10.2 Å². The van der Waals surface area contributed by atoms with Crippen LogP contribution in [0.4, 0.5) is 5.69 Å². The molecule has 1 amide bonds. The number of carbonyl (C=O) groups excluding carboxylic acids is 1. The van der Waals surface area contributed by atoms with Crippen LogP contribution in [-0.2, 0) is 4.79 Å². The molecule has 0 unspecified atom stereocenters. The number of carbonyl (C=O) groups is 1. The minimum absolute atomic E-state index is 0.0247. The smallest absolute Gasteiger partial charge is 0.238 e. The normalized spacial score (nSPS) is 15.7. The van der Waals surface area contributed by atoms with Crippen LogP contribution in [0.5, 0.6) is 5.75 Å². The molecular weight excluding hydrogens is 312 g/mol. The molecule has 0 aliphatic heterocycles. The molecule has 1 saturated carbocycles. The zero-order chi connectivity index (χ0) is 16.8. The number of hydrogen-bond donors (Lipinski definition) is 1. The van der Waals surface area contributed by atoms with Gasteiger partial charge in [-0.05, 0) is 44.4 Å². The first kappa shape index (κ1) is 18.1. The molecule has 0 aromatic heterocycles. The van der Waals surface area contributed by atoms with Crippen molar-refractivity contribution >= 4 is 23.2 Å². The Balaban J connectivity index is 1.90. The maximum atomic E-state index is 12.3. The van der Waals surface area contributed by atoms with Crippen molar-refractivity contribution in [2.24, 2.45) is 5.92 Å². The first-order valence-electron chi connectivity index (χ1n) is 8.32. The van der Waals surface area contributed by atoms with Crippen LogP contribution >= 0.6 is 11.6 Å². The van der Waals surface area contributed by atoms with E-state index >= 15 is 0 Å². The Bertz CT molecular complexity index is 542. The minimum Gasteiger partial charge on any atom is -0.495 e. The average Bonchev–Trinajstić information content (AvgIpc) is 2.51. The summed E-state index contributed by atoms with van der Waals surface area (Å²) in [5.74, 6) is 1.29. The molecule has 1 aromatic rings. The lowest BCUT2D eigenvalue weighted by Gasteiger charge is -2.26. The second-order valence-electron chi connectivity index (χ2n) is 6.55. The number of nitrogens with zero attached hydrogens (tertiary/aromatic N) is 1. The molecule has 4 nitrogen and oxygen atoms in total. The molecule has 2 rings (SSSR count). The largest absolute Gasteiger partial charge is 0.495 e. The number of amides is 1. The maximum absolute atomic E-state index is 12.3. The van der Waals surface area contributed by atoms with Gasteiger partial charge >= 0.3 is 0 Å². The van der Waals surface area contributed by atoms with E-state index in [1.165, 1.54) is 32.1 Å². The Morgan fingerprint density at radius 2 is 2.04 bits per heavy atom. The van der Waals surface area contributed by atoms with Gasteiger partial charge in [0.1, 0.15) is 5.75 Å². The summed E-state index contributed by atoms with van der Waals surface area (Å²) < 4.78 is 5.30. The van der Waals surface area contributed by atoms with Crippen LogP contribution in [0.2, 0.25) is 5.02 Å². The monoisotopic (exact) mass is 338 g/mol. The van der Waals surface area contributed by atoms with E-state index in [0.717, 1.165) is 18.0 Å². The number of rotatable bonds is 6. The van der Waals surface area contributed by atoms with Crippen molar-refractivity contribution in [2.45, 2.75) is 39.0 Å². The van der Waals surface area contributed by atoms with Crippen LogP contribution in [-0.4, -0.2) is 38.1 Å². The molecule has 0 saturated heterocycles. The highest BCUT2D eigenvalue weighted by Crippen LogP contribution is 2.31. The van der Waals surface area contributed by atoms with Gasteiger partial charge < -0.3 is 10.1 Å². The highest BCUT2D eigenvalue weighted by molar-refractivity contribution is 6.31. The number of likely N-dealkylation sites (N-methyl/N-ethyl adjacent to an activating group) is 1. The fraction of sp³-hybridized carbons (Fsp3) is 0.611. The summed E-state index contributed by atoms with van der Waals surface area (Å²) in [4.78, 5) is 14.4. The van der Waals surface area contributed by atoms with Crippen molar-refractivity contribution in [2.75, 3.05) is 32.6 Å². The van der Waals surface area contributed by atoms with Gasteiger partial charge in [0, 0.05) is 17.6 Å². The zero-order valence-electron chi connectivity index (χ0n) is 14.3. The van der Waals surface area contributed by atoms with Crippen molar-refractivity contribution in [1.29, 1.82) is 0 Å². The summed E-state index contributed by atoms with van der Waals surface area (Å²) in [5, 5.41) is 3.57. The highest BCUT2D eigenvalue weighted by Gasteiger charge is 2.17. The van der Waals surface area contributed by atoms with Crippen LogP contribution in [0.15, 0.2) is 12.1 Å². The van der Waals surface area contributed by atoms with Gasteiger partial charge in [0.05, 0.1) is 19.3 Å². The van der Waals surface area contributed by atoms with Crippen LogP contribution < -0.4 is 10.1 Å². The summed E-state index contributed by atoms with van der Waals surface area (Å²) >= 11 is 6.09. The summed E-state index contributed by atoms with van der Waals surface area (Å²) in [6.07, 6.45) is 6.58. The quantitative estimate of drug-likeness (QED) is 0.848. The van der Waals surface area contributed by atoms with Gasteiger partial charge in [0.15, 0.2) is 0 Å². The number of aryl methyl sites for hydroxylation is 1. The molecule has 1 fully saturated rings. The second kappa shape index (κ2) is 8.55. The summed E-state index contributed by atoms with van der Waals surface area (Å²) in [6, 6.07) is 3.58. The maximum Gasteiger partial charge on any atom is 0.238 e. The van der Waals surface area contributed by atoms with Crippen LogP contribution in [0.25, 0.3) is 0 Å². The van der Waals surface area contributed by atoms with Gasteiger partial charge in [0.25, 0.3) is 0 Å². The Hall–Kier alpha value is -1.26. The van der Waals surface area contributed by atoms with E-state index in [1.807, 2.05) is 20.0 Å². The lowest BCUT2D eigenvalue weighted by Crippen LogP contribution is -2.34. The topological polar surface area (TPSA) is 41.6 Å². The Labute approximate surface area is 144 Å². The standard InChI is InChI=1S/C18H27ClN2O2/c1-13-9-16(17(23-3)10-15(13)19)20-18(22)12-21(2)11-14-7-5-4-6-8-14/h9-10,14H,4-8,11-12H2,1-3H3,(H,20,22). The van der Waals surface area contributed by atoms with Gasteiger partial charge in [-0.15, -0.1) is 0 Å². The van der Waals surface area contributed by atoms with Crippen molar-refractivity contribution in [3.8, 4) is 5.75 Å².